The lowest BCUT2D eigenvalue weighted by atomic mass is 9.82. The summed E-state index contributed by atoms with van der Waals surface area (Å²) in [4.78, 5) is 32.9. The number of nitrogens with zero attached hydrogens (tertiary/aromatic N) is 2. The highest BCUT2D eigenvalue weighted by Gasteiger charge is 2.66. The van der Waals surface area contributed by atoms with Gasteiger partial charge in [-0.25, -0.2) is 0 Å². The summed E-state index contributed by atoms with van der Waals surface area (Å²) >= 11 is 2.29. The van der Waals surface area contributed by atoms with Crippen molar-refractivity contribution in [3.8, 4) is 11.5 Å². The molecule has 262 valence electrons. The summed E-state index contributed by atoms with van der Waals surface area (Å²) in [6.07, 6.45) is -0.474. The van der Waals surface area contributed by atoms with Gasteiger partial charge in [0.15, 0.2) is 5.60 Å². The summed E-state index contributed by atoms with van der Waals surface area (Å²) in [7, 11) is 0.805. The molecule has 0 aromatic heterocycles. The molecule has 2 aliphatic rings. The van der Waals surface area contributed by atoms with E-state index in [1.54, 1.807) is 19.1 Å². The highest BCUT2D eigenvalue weighted by Crippen LogP contribution is 2.60. The predicted octanol–water partition coefficient (Wildman–Crippen LogP) is 6.48. The number of methoxy groups -OCH3 is 2. The van der Waals surface area contributed by atoms with Crippen molar-refractivity contribution in [1.82, 2.24) is 4.90 Å². The fourth-order valence-electron chi connectivity index (χ4n) is 8.11. The van der Waals surface area contributed by atoms with E-state index in [-0.39, 0.29) is 42.8 Å². The molecule has 4 aromatic rings. The molecule has 1 spiro atoms. The normalized spacial score (nSPS) is 21.4. The number of benzene rings is 4. The lowest BCUT2D eigenvalue weighted by molar-refractivity contribution is -0.150. The molecular formula is C40H45IN2O6Si. The zero-order chi connectivity index (χ0) is 35.6. The summed E-state index contributed by atoms with van der Waals surface area (Å²) in [6, 6.07) is 31.9. The van der Waals surface area contributed by atoms with Gasteiger partial charge in [0.1, 0.15) is 11.5 Å². The molecule has 0 radical (unpaired) electrons. The second-order valence-corrected chi connectivity index (χ2v) is 19.7. The molecule has 1 fully saturated rings. The number of carbonyl (C=O) groups is 2. The second kappa shape index (κ2) is 14.9. The molecule has 0 saturated carbocycles. The van der Waals surface area contributed by atoms with Gasteiger partial charge in [-0.05, 0) is 81.7 Å². The van der Waals surface area contributed by atoms with E-state index < -0.39 is 19.8 Å². The molecule has 4 atom stereocenters. The van der Waals surface area contributed by atoms with Crippen LogP contribution in [-0.2, 0) is 33.0 Å². The largest absolute Gasteiger partial charge is 0.497 e. The van der Waals surface area contributed by atoms with Crippen LogP contribution in [0.3, 0.4) is 0 Å². The maximum Gasteiger partial charge on any atom is 0.264 e. The van der Waals surface area contributed by atoms with Gasteiger partial charge in [0.2, 0.25) is 5.91 Å². The monoisotopic (exact) mass is 804 g/mol. The van der Waals surface area contributed by atoms with Gasteiger partial charge in [0.05, 0.1) is 53.7 Å². The molecule has 0 aliphatic carbocycles. The van der Waals surface area contributed by atoms with Gasteiger partial charge < -0.3 is 29.1 Å². The molecule has 2 heterocycles. The van der Waals surface area contributed by atoms with E-state index in [4.69, 9.17) is 14.2 Å². The van der Waals surface area contributed by atoms with Crippen LogP contribution in [0.4, 0.5) is 5.69 Å². The molecule has 8 nitrogen and oxygen atoms in total. The van der Waals surface area contributed by atoms with Gasteiger partial charge in [-0.2, -0.15) is 0 Å². The van der Waals surface area contributed by atoms with E-state index in [1.807, 2.05) is 83.8 Å². The standard InChI is InChI=1S/C40H45IN2O6Si/c1-27-38(50(4,5)33-17-14-31(47-2)15-18-33)36(24-37(45)42(20-21-44)25-28-10-7-6-8-11-28)49-40(27)34-23-32(48-3)16-19-35(34)43(39(40)46)26-29-12-9-13-30(41)22-29/h6-19,22-23,27,36,38,44H,20-21,24-26H2,1-5H3/t27-,36+,38-,40+/m1/s1. The zero-order valence-corrected chi connectivity index (χ0v) is 32.4. The van der Waals surface area contributed by atoms with Crippen LogP contribution in [0, 0.1) is 9.49 Å². The Balaban J connectivity index is 1.44. The zero-order valence-electron chi connectivity index (χ0n) is 29.3. The number of aliphatic hydroxyl groups is 1. The quantitative estimate of drug-likeness (QED) is 0.130. The number of carbonyl (C=O) groups excluding carboxylic acids is 2. The van der Waals surface area contributed by atoms with E-state index in [0.717, 1.165) is 31.7 Å². The first-order valence-corrected chi connectivity index (χ1v) is 21.2. The lowest BCUT2D eigenvalue weighted by Crippen LogP contribution is -2.52. The van der Waals surface area contributed by atoms with E-state index in [1.165, 1.54) is 5.19 Å². The van der Waals surface area contributed by atoms with Crippen molar-refractivity contribution in [2.75, 3.05) is 32.3 Å². The lowest BCUT2D eigenvalue weighted by Gasteiger charge is -2.37. The Morgan fingerprint density at radius 2 is 1.62 bits per heavy atom. The molecule has 2 amide bonds. The summed E-state index contributed by atoms with van der Waals surface area (Å²) in [5.41, 5.74) is 2.13. The minimum absolute atomic E-state index is 0.0830. The number of fused-ring (bicyclic) bond motifs is 2. The maximum absolute atomic E-state index is 15.1. The third-order valence-corrected chi connectivity index (χ3v) is 15.6. The number of anilines is 1. The van der Waals surface area contributed by atoms with E-state index in [9.17, 15) is 9.90 Å². The van der Waals surface area contributed by atoms with E-state index in [2.05, 4.69) is 60.8 Å². The number of hydrogen-bond acceptors (Lipinski definition) is 6. The fraction of sp³-hybridized carbons (Fsp3) is 0.350. The van der Waals surface area contributed by atoms with Crippen molar-refractivity contribution in [3.05, 3.63) is 117 Å². The summed E-state index contributed by atoms with van der Waals surface area (Å²) in [5.74, 6) is 0.902. The number of hydrogen-bond donors (Lipinski definition) is 1. The number of ether oxygens (including phenoxy) is 3. The third-order valence-electron chi connectivity index (χ3n) is 10.6. The van der Waals surface area contributed by atoms with Crippen LogP contribution >= 0.6 is 22.6 Å². The van der Waals surface area contributed by atoms with Crippen LogP contribution in [0.5, 0.6) is 11.5 Å². The number of aliphatic hydroxyl groups excluding tert-OH is 1. The Labute approximate surface area is 309 Å². The highest BCUT2D eigenvalue weighted by atomic mass is 127. The van der Waals surface area contributed by atoms with Crippen LogP contribution in [0.15, 0.2) is 97.1 Å². The number of rotatable bonds is 12. The molecule has 1 saturated heterocycles. The number of halogens is 1. The number of amides is 2. The average molecular weight is 805 g/mol. The smallest absolute Gasteiger partial charge is 0.264 e. The molecular weight excluding hydrogens is 759 g/mol. The Kier molecular flexibility index (Phi) is 10.7. The van der Waals surface area contributed by atoms with Crippen molar-refractivity contribution in [3.63, 3.8) is 0 Å². The topological polar surface area (TPSA) is 88.5 Å². The van der Waals surface area contributed by atoms with Crippen LogP contribution in [0.2, 0.25) is 18.6 Å². The van der Waals surface area contributed by atoms with Gasteiger partial charge >= 0.3 is 0 Å². The summed E-state index contributed by atoms with van der Waals surface area (Å²) < 4.78 is 19.5. The van der Waals surface area contributed by atoms with Crippen LogP contribution in [0.1, 0.15) is 30.0 Å². The Morgan fingerprint density at radius 3 is 2.28 bits per heavy atom. The van der Waals surface area contributed by atoms with Crippen LogP contribution < -0.4 is 19.6 Å². The van der Waals surface area contributed by atoms with Gasteiger partial charge in [0, 0.05) is 28.1 Å². The van der Waals surface area contributed by atoms with E-state index >= 15 is 4.79 Å². The fourth-order valence-corrected chi connectivity index (χ4v) is 12.7. The highest BCUT2D eigenvalue weighted by molar-refractivity contribution is 14.1. The Hall–Kier alpha value is -3.71. The summed E-state index contributed by atoms with van der Waals surface area (Å²) in [6.45, 7) is 7.55. The van der Waals surface area contributed by atoms with Crippen LogP contribution in [0.25, 0.3) is 0 Å². The maximum atomic E-state index is 15.1. The van der Waals surface area contributed by atoms with Crippen LogP contribution in [-0.4, -0.2) is 63.4 Å². The first kappa shape index (κ1) is 36.1. The predicted molar refractivity (Wildman–Crippen MR) is 206 cm³/mol. The van der Waals surface area contributed by atoms with E-state index in [0.29, 0.717) is 18.8 Å². The van der Waals surface area contributed by atoms with Gasteiger partial charge in [-0.15, -0.1) is 0 Å². The summed E-state index contributed by atoms with van der Waals surface area (Å²) in [5, 5.41) is 11.2. The molecule has 50 heavy (non-hydrogen) atoms. The minimum Gasteiger partial charge on any atom is -0.497 e. The first-order valence-electron chi connectivity index (χ1n) is 17.0. The molecule has 0 bridgehead atoms. The Bertz CT molecular complexity index is 1840. The van der Waals surface area contributed by atoms with Gasteiger partial charge in [-0.3, -0.25) is 9.59 Å². The second-order valence-electron chi connectivity index (χ2n) is 13.8. The molecule has 4 aromatic carbocycles. The van der Waals surface area contributed by atoms with Crippen molar-refractivity contribution in [2.45, 2.75) is 56.8 Å². The molecule has 0 unspecified atom stereocenters. The third kappa shape index (κ3) is 6.70. The molecule has 1 N–H and O–H groups in total. The SMILES string of the molecule is COc1ccc([Si](C)(C)[C@H]2[C@H](CC(=O)N(CCO)Cc3ccccc3)O[C@@]3(C(=O)N(Cc4cccc(I)c4)c4ccc(OC)cc43)[C@@H]2C)cc1. The Morgan fingerprint density at radius 1 is 0.940 bits per heavy atom. The molecule has 2 aliphatic heterocycles. The minimum atomic E-state index is -2.48. The average Bonchev–Trinajstić information content (AvgIpc) is 3.54. The van der Waals surface area contributed by atoms with Crippen molar-refractivity contribution in [1.29, 1.82) is 0 Å². The van der Waals surface area contributed by atoms with Gasteiger partial charge in [0.25, 0.3) is 5.91 Å². The van der Waals surface area contributed by atoms with Gasteiger partial charge in [-0.1, -0.05) is 79.8 Å². The molecule has 6 rings (SSSR count). The van der Waals surface area contributed by atoms with Crippen molar-refractivity contribution in [2.24, 2.45) is 5.92 Å². The van der Waals surface area contributed by atoms with Crippen molar-refractivity contribution >= 4 is 53.4 Å². The first-order chi connectivity index (χ1) is 24.0. The molecule has 10 heteroatoms. The van der Waals surface area contributed by atoms with Crippen molar-refractivity contribution < 1.29 is 28.9 Å².